The second kappa shape index (κ2) is 11.7. The van der Waals surface area contributed by atoms with Crippen molar-refractivity contribution < 1.29 is 24.2 Å². The molecule has 0 bridgehead atoms. The van der Waals surface area contributed by atoms with Crippen LogP contribution < -0.4 is 14.8 Å². The van der Waals surface area contributed by atoms with E-state index in [0.717, 1.165) is 16.7 Å². The molecular weight excluding hydrogens is 440 g/mol. The van der Waals surface area contributed by atoms with Crippen molar-refractivity contribution in [3.05, 3.63) is 81.5 Å². The first-order chi connectivity index (χ1) is 16.0. The summed E-state index contributed by atoms with van der Waals surface area (Å²) >= 11 is 1.58. The van der Waals surface area contributed by atoms with Crippen LogP contribution in [0.15, 0.2) is 59.3 Å². The Balaban J connectivity index is 1.92. The van der Waals surface area contributed by atoms with Crippen molar-refractivity contribution >= 4 is 23.2 Å². The third-order valence-corrected chi connectivity index (χ3v) is 5.67. The third-order valence-electron chi connectivity index (χ3n) is 4.94. The highest BCUT2D eigenvalue weighted by Gasteiger charge is 2.21. The zero-order chi connectivity index (χ0) is 23.6. The maximum atomic E-state index is 12.7. The van der Waals surface area contributed by atoms with Crippen LogP contribution >= 0.6 is 11.3 Å². The molecule has 0 aliphatic rings. The Morgan fingerprint density at radius 1 is 1.21 bits per heavy atom. The van der Waals surface area contributed by atoms with Crippen LogP contribution in [0.4, 0.5) is 0 Å². The molecule has 1 heterocycles. The molecule has 0 fully saturated rings. The maximum absolute atomic E-state index is 12.7. The number of aliphatic carboxylic acids is 1. The van der Waals surface area contributed by atoms with Crippen LogP contribution in [0.2, 0.25) is 0 Å². The molecule has 8 heteroatoms. The minimum atomic E-state index is -0.933. The van der Waals surface area contributed by atoms with E-state index in [1.165, 1.54) is 0 Å². The monoisotopic (exact) mass is 464 g/mol. The first-order valence-corrected chi connectivity index (χ1v) is 11.3. The number of hydrogen-bond acceptors (Lipinski definition) is 6. The van der Waals surface area contributed by atoms with Crippen molar-refractivity contribution in [1.29, 1.82) is 5.26 Å². The molecule has 7 nitrogen and oxygen atoms in total. The number of amides is 1. The SMILES string of the molecule is Cc1ccccc1C(CCC(=O)O)Oc1cc(OCc2ccsc2)ccc1C(=O)NCC#N. The predicted octanol–water partition coefficient (Wildman–Crippen LogP) is 4.87. The molecule has 2 aromatic carbocycles. The van der Waals surface area contributed by atoms with E-state index in [4.69, 9.17) is 14.7 Å². The molecule has 3 aromatic rings. The van der Waals surface area contributed by atoms with Crippen LogP contribution in [-0.4, -0.2) is 23.5 Å². The molecule has 0 saturated carbocycles. The van der Waals surface area contributed by atoms with Crippen molar-refractivity contribution in [3.63, 3.8) is 0 Å². The van der Waals surface area contributed by atoms with Gasteiger partial charge in [-0.05, 0) is 59.0 Å². The van der Waals surface area contributed by atoms with Crippen LogP contribution in [0.3, 0.4) is 0 Å². The van der Waals surface area contributed by atoms with Gasteiger partial charge >= 0.3 is 5.97 Å². The van der Waals surface area contributed by atoms with E-state index in [2.05, 4.69) is 5.32 Å². The number of aryl methyl sites for hydroxylation is 1. The lowest BCUT2D eigenvalue weighted by atomic mass is 9.99. The Morgan fingerprint density at radius 2 is 2.03 bits per heavy atom. The van der Waals surface area contributed by atoms with Gasteiger partial charge in [0.15, 0.2) is 0 Å². The molecule has 3 rings (SSSR count). The lowest BCUT2D eigenvalue weighted by molar-refractivity contribution is -0.137. The molecule has 0 radical (unpaired) electrons. The van der Waals surface area contributed by atoms with Crippen LogP contribution in [0.25, 0.3) is 0 Å². The smallest absolute Gasteiger partial charge is 0.303 e. The number of carbonyl (C=O) groups is 2. The molecule has 0 saturated heterocycles. The number of benzene rings is 2. The second-order valence-corrected chi connectivity index (χ2v) is 8.09. The number of carbonyl (C=O) groups excluding carboxylic acids is 1. The normalized spacial score (nSPS) is 11.3. The van der Waals surface area contributed by atoms with E-state index in [1.807, 2.05) is 54.1 Å². The predicted molar refractivity (Wildman–Crippen MR) is 124 cm³/mol. The topological polar surface area (TPSA) is 109 Å². The van der Waals surface area contributed by atoms with E-state index in [9.17, 15) is 14.7 Å². The summed E-state index contributed by atoms with van der Waals surface area (Å²) in [5.74, 6) is -0.628. The number of nitriles is 1. The minimum Gasteiger partial charge on any atom is -0.489 e. The largest absolute Gasteiger partial charge is 0.489 e. The van der Waals surface area contributed by atoms with Gasteiger partial charge in [0, 0.05) is 12.5 Å². The summed E-state index contributed by atoms with van der Waals surface area (Å²) in [4.78, 5) is 23.9. The Morgan fingerprint density at radius 3 is 2.73 bits per heavy atom. The zero-order valence-corrected chi connectivity index (χ0v) is 18.9. The fourth-order valence-corrected chi connectivity index (χ4v) is 3.92. The molecule has 1 amide bonds. The minimum absolute atomic E-state index is 0.0939. The summed E-state index contributed by atoms with van der Waals surface area (Å²) < 4.78 is 12.1. The summed E-state index contributed by atoms with van der Waals surface area (Å²) in [6.45, 7) is 2.14. The Bertz CT molecular complexity index is 1140. The Kier molecular flexibility index (Phi) is 8.44. The summed E-state index contributed by atoms with van der Waals surface area (Å²) in [5, 5.41) is 24.5. The molecule has 170 valence electrons. The molecule has 2 N–H and O–H groups in total. The first-order valence-electron chi connectivity index (χ1n) is 10.3. The first kappa shape index (κ1) is 23.8. The standard InChI is InChI=1S/C25H24N2O5S/c1-17-4-2-3-5-20(17)22(8-9-24(28)29)32-23-14-19(31-15-18-10-13-33-16-18)6-7-21(23)25(30)27-12-11-26/h2-7,10,13-14,16,22H,8-9,12,15H2,1H3,(H,27,30)(H,28,29). The van der Waals surface area contributed by atoms with E-state index in [-0.39, 0.29) is 30.7 Å². The zero-order valence-electron chi connectivity index (χ0n) is 18.1. The van der Waals surface area contributed by atoms with Gasteiger partial charge in [0.25, 0.3) is 5.91 Å². The molecule has 0 aliphatic carbocycles. The number of thiophene rings is 1. The van der Waals surface area contributed by atoms with Crippen molar-refractivity contribution in [2.24, 2.45) is 0 Å². The molecule has 1 atom stereocenters. The number of rotatable bonds is 11. The summed E-state index contributed by atoms with van der Waals surface area (Å²) in [6.07, 6.45) is -0.458. The van der Waals surface area contributed by atoms with E-state index >= 15 is 0 Å². The van der Waals surface area contributed by atoms with Crippen LogP contribution in [0, 0.1) is 18.3 Å². The molecule has 33 heavy (non-hydrogen) atoms. The number of nitrogens with zero attached hydrogens (tertiary/aromatic N) is 1. The Labute approximate surface area is 196 Å². The van der Waals surface area contributed by atoms with Crippen molar-refractivity contribution in [3.8, 4) is 17.6 Å². The van der Waals surface area contributed by atoms with Gasteiger partial charge in [-0.3, -0.25) is 9.59 Å². The molecule has 1 aromatic heterocycles. The summed E-state index contributed by atoms with van der Waals surface area (Å²) in [7, 11) is 0. The van der Waals surface area contributed by atoms with E-state index < -0.39 is 18.0 Å². The van der Waals surface area contributed by atoms with Gasteiger partial charge in [0.05, 0.1) is 11.6 Å². The van der Waals surface area contributed by atoms with Gasteiger partial charge in [0.1, 0.15) is 30.8 Å². The van der Waals surface area contributed by atoms with Gasteiger partial charge in [-0.15, -0.1) is 0 Å². The number of carboxylic acid groups (broad SMARTS) is 1. The van der Waals surface area contributed by atoms with Gasteiger partial charge in [-0.1, -0.05) is 24.3 Å². The highest BCUT2D eigenvalue weighted by Crippen LogP contribution is 2.33. The lowest BCUT2D eigenvalue weighted by Gasteiger charge is -2.23. The van der Waals surface area contributed by atoms with Crippen molar-refractivity contribution in [2.75, 3.05) is 6.54 Å². The van der Waals surface area contributed by atoms with Crippen molar-refractivity contribution in [2.45, 2.75) is 32.5 Å². The fraction of sp³-hybridized carbons (Fsp3) is 0.240. The van der Waals surface area contributed by atoms with Gasteiger partial charge < -0.3 is 19.9 Å². The average molecular weight is 465 g/mol. The molecule has 1 unspecified atom stereocenters. The molecular formula is C25H24N2O5S. The molecule has 0 aliphatic heterocycles. The van der Waals surface area contributed by atoms with Gasteiger partial charge in [0.2, 0.25) is 0 Å². The number of nitrogens with one attached hydrogen (secondary N) is 1. The third kappa shape index (κ3) is 6.82. The van der Waals surface area contributed by atoms with Crippen LogP contribution in [-0.2, 0) is 11.4 Å². The Hall–Kier alpha value is -3.83. The van der Waals surface area contributed by atoms with Crippen molar-refractivity contribution in [1.82, 2.24) is 5.32 Å². The lowest BCUT2D eigenvalue weighted by Crippen LogP contribution is -2.24. The highest BCUT2D eigenvalue weighted by molar-refractivity contribution is 7.07. The van der Waals surface area contributed by atoms with Crippen LogP contribution in [0.1, 0.15) is 46.0 Å². The quantitative estimate of drug-likeness (QED) is 0.392. The van der Waals surface area contributed by atoms with Crippen LogP contribution in [0.5, 0.6) is 11.5 Å². The van der Waals surface area contributed by atoms with Gasteiger partial charge in [-0.25, -0.2) is 0 Å². The average Bonchev–Trinajstić information content (AvgIpc) is 3.33. The van der Waals surface area contributed by atoms with E-state index in [1.54, 1.807) is 29.5 Å². The summed E-state index contributed by atoms with van der Waals surface area (Å²) in [6, 6.07) is 16.3. The summed E-state index contributed by atoms with van der Waals surface area (Å²) in [5.41, 5.74) is 3.06. The number of carboxylic acids is 1. The number of hydrogen-bond donors (Lipinski definition) is 2. The second-order valence-electron chi connectivity index (χ2n) is 7.31. The fourth-order valence-electron chi connectivity index (χ4n) is 3.27. The number of ether oxygens (including phenoxy) is 2. The van der Waals surface area contributed by atoms with E-state index in [0.29, 0.717) is 12.4 Å². The molecule has 0 spiro atoms. The maximum Gasteiger partial charge on any atom is 0.303 e. The van der Waals surface area contributed by atoms with Gasteiger partial charge in [-0.2, -0.15) is 16.6 Å². The highest BCUT2D eigenvalue weighted by atomic mass is 32.1.